The first-order valence-electron chi connectivity index (χ1n) is 7.86. The Morgan fingerprint density at radius 3 is 3.04 bits per heavy atom. The van der Waals surface area contributed by atoms with E-state index >= 15 is 0 Å². The summed E-state index contributed by atoms with van der Waals surface area (Å²) in [6.45, 7) is 2.82. The molecule has 2 aromatic rings. The van der Waals surface area contributed by atoms with Gasteiger partial charge >= 0.3 is 0 Å². The fourth-order valence-electron chi connectivity index (χ4n) is 2.48. The van der Waals surface area contributed by atoms with E-state index in [0.717, 1.165) is 35.9 Å². The predicted octanol–water partition coefficient (Wildman–Crippen LogP) is 2.51. The minimum atomic E-state index is -0.0937. The van der Waals surface area contributed by atoms with Crippen LogP contribution in [-0.4, -0.2) is 35.5 Å². The standard InChI is InChI=1S/C17H20N4OS/c22-16(6-5-14-4-3-8-18-12-14)19-9-7-15-13-23-17(20-15)21-10-1-2-11-21/h3-6,8,12-13H,1-2,7,9-11H2,(H,19,22)/b6-5-. The van der Waals surface area contributed by atoms with Gasteiger partial charge in [0.2, 0.25) is 5.91 Å². The first kappa shape index (κ1) is 15.7. The molecule has 1 amide bonds. The number of anilines is 1. The Balaban J connectivity index is 1.42. The van der Waals surface area contributed by atoms with Crippen LogP contribution in [0.1, 0.15) is 24.1 Å². The van der Waals surface area contributed by atoms with Crippen molar-refractivity contribution >= 4 is 28.5 Å². The fourth-order valence-corrected chi connectivity index (χ4v) is 3.40. The lowest BCUT2D eigenvalue weighted by atomic mass is 10.2. The summed E-state index contributed by atoms with van der Waals surface area (Å²) >= 11 is 1.69. The number of amides is 1. The third kappa shape index (κ3) is 4.63. The molecule has 3 heterocycles. The summed E-state index contributed by atoms with van der Waals surface area (Å²) in [5.41, 5.74) is 1.96. The maximum absolute atomic E-state index is 11.8. The topological polar surface area (TPSA) is 58.1 Å². The van der Waals surface area contributed by atoms with E-state index in [4.69, 9.17) is 0 Å². The summed E-state index contributed by atoms with van der Waals surface area (Å²) in [6.07, 6.45) is 10.0. The average Bonchev–Trinajstić information content (AvgIpc) is 3.25. The van der Waals surface area contributed by atoms with Gasteiger partial charge in [0.15, 0.2) is 5.13 Å². The first-order valence-corrected chi connectivity index (χ1v) is 8.74. The van der Waals surface area contributed by atoms with Crippen molar-refractivity contribution in [1.82, 2.24) is 15.3 Å². The molecule has 1 N–H and O–H groups in total. The van der Waals surface area contributed by atoms with Crippen LogP contribution in [0.25, 0.3) is 6.08 Å². The second-order valence-electron chi connectivity index (χ2n) is 5.48. The number of hydrogen-bond donors (Lipinski definition) is 1. The second kappa shape index (κ2) is 7.87. The molecule has 0 atom stereocenters. The average molecular weight is 328 g/mol. The van der Waals surface area contributed by atoms with E-state index in [9.17, 15) is 4.79 Å². The van der Waals surface area contributed by atoms with Crippen LogP contribution >= 0.6 is 11.3 Å². The predicted molar refractivity (Wildman–Crippen MR) is 93.5 cm³/mol. The van der Waals surface area contributed by atoms with Gasteiger partial charge in [-0.2, -0.15) is 0 Å². The molecule has 2 aromatic heterocycles. The molecule has 0 saturated carbocycles. The Labute approximate surface area is 140 Å². The van der Waals surface area contributed by atoms with E-state index < -0.39 is 0 Å². The maximum atomic E-state index is 11.8. The van der Waals surface area contributed by atoms with Gasteiger partial charge in [0.25, 0.3) is 0 Å². The Morgan fingerprint density at radius 2 is 2.26 bits per heavy atom. The number of pyridine rings is 1. The van der Waals surface area contributed by atoms with Gasteiger partial charge in [-0.15, -0.1) is 11.3 Å². The highest BCUT2D eigenvalue weighted by atomic mass is 32.1. The highest BCUT2D eigenvalue weighted by Gasteiger charge is 2.15. The van der Waals surface area contributed by atoms with Crippen LogP contribution < -0.4 is 10.2 Å². The van der Waals surface area contributed by atoms with Crippen molar-refractivity contribution in [2.45, 2.75) is 19.3 Å². The van der Waals surface area contributed by atoms with Crippen molar-refractivity contribution < 1.29 is 4.79 Å². The molecule has 1 aliphatic heterocycles. The molecule has 120 valence electrons. The molecule has 0 bridgehead atoms. The van der Waals surface area contributed by atoms with E-state index in [1.54, 1.807) is 29.8 Å². The number of nitrogens with zero attached hydrogens (tertiary/aromatic N) is 3. The van der Waals surface area contributed by atoms with Crippen LogP contribution in [0.2, 0.25) is 0 Å². The van der Waals surface area contributed by atoms with Gasteiger partial charge in [-0.05, 0) is 30.5 Å². The number of thiazole rings is 1. The molecule has 1 saturated heterocycles. The number of nitrogens with one attached hydrogen (secondary N) is 1. The summed E-state index contributed by atoms with van der Waals surface area (Å²) in [4.78, 5) is 22.8. The first-order chi connectivity index (χ1) is 11.3. The molecular weight excluding hydrogens is 308 g/mol. The lowest BCUT2D eigenvalue weighted by Crippen LogP contribution is -2.23. The zero-order valence-electron chi connectivity index (χ0n) is 12.9. The molecule has 0 unspecified atom stereocenters. The lowest BCUT2D eigenvalue weighted by molar-refractivity contribution is -0.116. The Morgan fingerprint density at radius 1 is 1.39 bits per heavy atom. The van der Waals surface area contributed by atoms with Crippen LogP contribution in [0.5, 0.6) is 0 Å². The van der Waals surface area contributed by atoms with E-state index in [1.807, 2.05) is 12.1 Å². The maximum Gasteiger partial charge on any atom is 0.244 e. The van der Waals surface area contributed by atoms with Crippen molar-refractivity contribution in [2.75, 3.05) is 24.5 Å². The highest BCUT2D eigenvalue weighted by molar-refractivity contribution is 7.13. The third-order valence-electron chi connectivity index (χ3n) is 3.71. The fraction of sp³-hybridized carbons (Fsp3) is 0.353. The van der Waals surface area contributed by atoms with E-state index in [1.165, 1.54) is 18.9 Å². The Kier molecular flexibility index (Phi) is 5.37. The summed E-state index contributed by atoms with van der Waals surface area (Å²) in [5.74, 6) is -0.0937. The van der Waals surface area contributed by atoms with Crippen molar-refractivity contribution in [3.05, 3.63) is 47.2 Å². The Bertz CT molecular complexity index is 662. The molecule has 0 aromatic carbocycles. The van der Waals surface area contributed by atoms with Gasteiger partial charge in [-0.1, -0.05) is 6.07 Å². The number of carbonyl (C=O) groups is 1. The monoisotopic (exact) mass is 328 g/mol. The SMILES string of the molecule is O=C(/C=C\c1cccnc1)NCCc1csc(N2CCCC2)n1. The number of aromatic nitrogens is 2. The molecule has 1 fully saturated rings. The summed E-state index contributed by atoms with van der Waals surface area (Å²) < 4.78 is 0. The molecular formula is C17H20N4OS. The van der Waals surface area contributed by atoms with E-state index in [-0.39, 0.29) is 5.91 Å². The number of rotatable bonds is 6. The zero-order valence-corrected chi connectivity index (χ0v) is 13.8. The molecule has 5 nitrogen and oxygen atoms in total. The molecule has 6 heteroatoms. The minimum absolute atomic E-state index is 0.0937. The van der Waals surface area contributed by atoms with Crippen molar-refractivity contribution in [1.29, 1.82) is 0 Å². The molecule has 1 aliphatic rings. The summed E-state index contributed by atoms with van der Waals surface area (Å²) in [7, 11) is 0. The van der Waals surface area contributed by atoms with Crippen molar-refractivity contribution in [3.8, 4) is 0 Å². The van der Waals surface area contributed by atoms with Crippen molar-refractivity contribution in [3.63, 3.8) is 0 Å². The molecule has 3 rings (SSSR count). The van der Waals surface area contributed by atoms with Crippen LogP contribution in [0.4, 0.5) is 5.13 Å². The summed E-state index contributed by atoms with van der Waals surface area (Å²) in [6, 6.07) is 3.75. The molecule has 0 aliphatic carbocycles. The van der Waals surface area contributed by atoms with E-state index in [2.05, 4.69) is 25.6 Å². The highest BCUT2D eigenvalue weighted by Crippen LogP contribution is 2.24. The molecule has 23 heavy (non-hydrogen) atoms. The van der Waals surface area contributed by atoms with Gasteiger partial charge in [-0.3, -0.25) is 9.78 Å². The molecule has 0 spiro atoms. The van der Waals surface area contributed by atoms with Gasteiger partial charge in [0.1, 0.15) is 0 Å². The smallest absolute Gasteiger partial charge is 0.244 e. The van der Waals surface area contributed by atoms with E-state index in [0.29, 0.717) is 6.54 Å². The normalized spacial score (nSPS) is 14.5. The second-order valence-corrected chi connectivity index (χ2v) is 6.31. The van der Waals surface area contributed by atoms with Gasteiger partial charge in [0, 0.05) is 49.9 Å². The van der Waals surface area contributed by atoms with Crippen LogP contribution in [-0.2, 0) is 11.2 Å². The molecule has 0 radical (unpaired) electrons. The Hall–Kier alpha value is -2.21. The van der Waals surface area contributed by atoms with Crippen LogP contribution in [0.3, 0.4) is 0 Å². The quantitative estimate of drug-likeness (QED) is 0.828. The van der Waals surface area contributed by atoms with Gasteiger partial charge < -0.3 is 10.2 Å². The van der Waals surface area contributed by atoms with Crippen LogP contribution in [0, 0.1) is 0 Å². The largest absolute Gasteiger partial charge is 0.352 e. The number of carbonyl (C=O) groups excluding carboxylic acids is 1. The summed E-state index contributed by atoms with van der Waals surface area (Å²) in [5, 5.41) is 6.09. The van der Waals surface area contributed by atoms with Crippen molar-refractivity contribution in [2.24, 2.45) is 0 Å². The minimum Gasteiger partial charge on any atom is -0.352 e. The van der Waals surface area contributed by atoms with Gasteiger partial charge in [-0.25, -0.2) is 4.98 Å². The number of hydrogen-bond acceptors (Lipinski definition) is 5. The van der Waals surface area contributed by atoms with Gasteiger partial charge in [0.05, 0.1) is 5.69 Å². The lowest BCUT2D eigenvalue weighted by Gasteiger charge is -2.12. The third-order valence-corrected chi connectivity index (χ3v) is 4.66. The van der Waals surface area contributed by atoms with Crippen LogP contribution in [0.15, 0.2) is 36.0 Å². The zero-order chi connectivity index (χ0) is 15.9.